The second-order valence-electron chi connectivity index (χ2n) is 7.07. The zero-order valence-corrected chi connectivity index (χ0v) is 17.8. The van der Waals surface area contributed by atoms with E-state index < -0.39 is 36.6 Å². The Balaban J connectivity index is 1.60. The summed E-state index contributed by atoms with van der Waals surface area (Å²) in [5.74, 6) is -2.09. The highest BCUT2D eigenvalue weighted by molar-refractivity contribution is 7.92. The maximum atomic E-state index is 13.9. The SMILES string of the molecule is O=S(=O)(Nc1ccc2c(c1)CN(S(=O)(=O)c1ccccc1)CC2)c1ccc(F)cc1F. The van der Waals surface area contributed by atoms with E-state index in [-0.39, 0.29) is 17.1 Å². The Kier molecular flexibility index (Phi) is 5.54. The maximum absolute atomic E-state index is 13.9. The third-order valence-corrected chi connectivity index (χ3v) is 8.27. The molecule has 0 saturated carbocycles. The van der Waals surface area contributed by atoms with Crippen LogP contribution in [0.15, 0.2) is 76.5 Å². The third-order valence-electron chi connectivity index (χ3n) is 5.00. The first-order valence-electron chi connectivity index (χ1n) is 9.32. The van der Waals surface area contributed by atoms with Gasteiger partial charge in [-0.3, -0.25) is 4.72 Å². The first-order chi connectivity index (χ1) is 14.7. The normalized spacial score (nSPS) is 14.8. The number of benzene rings is 3. The molecule has 0 aliphatic carbocycles. The van der Waals surface area contributed by atoms with Crippen LogP contribution in [0.1, 0.15) is 11.1 Å². The van der Waals surface area contributed by atoms with Gasteiger partial charge in [0.1, 0.15) is 16.5 Å². The van der Waals surface area contributed by atoms with E-state index in [0.29, 0.717) is 24.6 Å². The van der Waals surface area contributed by atoms with Gasteiger partial charge in [-0.15, -0.1) is 0 Å². The highest BCUT2D eigenvalue weighted by atomic mass is 32.2. The van der Waals surface area contributed by atoms with E-state index in [1.165, 1.54) is 28.6 Å². The summed E-state index contributed by atoms with van der Waals surface area (Å²) in [6.45, 7) is 0.378. The number of hydrogen-bond acceptors (Lipinski definition) is 4. The largest absolute Gasteiger partial charge is 0.280 e. The molecule has 162 valence electrons. The predicted octanol–water partition coefficient (Wildman–Crippen LogP) is 3.51. The second-order valence-corrected chi connectivity index (χ2v) is 10.7. The number of sulfonamides is 2. The van der Waals surface area contributed by atoms with Crippen molar-refractivity contribution in [2.24, 2.45) is 0 Å². The van der Waals surface area contributed by atoms with Gasteiger partial charge in [-0.05, 0) is 53.9 Å². The van der Waals surface area contributed by atoms with E-state index in [1.54, 1.807) is 24.3 Å². The highest BCUT2D eigenvalue weighted by Crippen LogP contribution is 2.28. The molecule has 0 radical (unpaired) electrons. The lowest BCUT2D eigenvalue weighted by atomic mass is 10.0. The average Bonchev–Trinajstić information content (AvgIpc) is 2.73. The van der Waals surface area contributed by atoms with Crippen LogP contribution in [-0.2, 0) is 33.0 Å². The molecule has 4 rings (SSSR count). The summed E-state index contributed by atoms with van der Waals surface area (Å²) in [7, 11) is -7.99. The third kappa shape index (κ3) is 4.32. The molecule has 1 aliphatic heterocycles. The van der Waals surface area contributed by atoms with Gasteiger partial charge >= 0.3 is 0 Å². The molecule has 0 saturated heterocycles. The van der Waals surface area contributed by atoms with E-state index in [4.69, 9.17) is 0 Å². The number of nitrogens with zero attached hydrogens (tertiary/aromatic N) is 1. The van der Waals surface area contributed by atoms with Crippen molar-refractivity contribution >= 4 is 25.7 Å². The van der Waals surface area contributed by atoms with Crippen LogP contribution in [0.3, 0.4) is 0 Å². The average molecular weight is 465 g/mol. The van der Waals surface area contributed by atoms with E-state index in [2.05, 4.69) is 4.72 Å². The monoisotopic (exact) mass is 464 g/mol. The van der Waals surface area contributed by atoms with Crippen LogP contribution >= 0.6 is 0 Å². The quantitative estimate of drug-likeness (QED) is 0.626. The van der Waals surface area contributed by atoms with Crippen molar-refractivity contribution in [2.75, 3.05) is 11.3 Å². The van der Waals surface area contributed by atoms with Gasteiger partial charge in [0.25, 0.3) is 10.0 Å². The van der Waals surface area contributed by atoms with Crippen LogP contribution in [-0.4, -0.2) is 27.7 Å². The molecule has 6 nitrogen and oxygen atoms in total. The molecule has 1 N–H and O–H groups in total. The molecule has 31 heavy (non-hydrogen) atoms. The summed E-state index contributed by atoms with van der Waals surface area (Å²) in [6, 6.07) is 15.0. The highest BCUT2D eigenvalue weighted by Gasteiger charge is 2.28. The lowest BCUT2D eigenvalue weighted by molar-refractivity contribution is 0.391. The van der Waals surface area contributed by atoms with Crippen molar-refractivity contribution in [3.63, 3.8) is 0 Å². The van der Waals surface area contributed by atoms with Crippen LogP contribution in [0.25, 0.3) is 0 Å². The Bertz CT molecular complexity index is 1350. The fraction of sp³-hybridized carbons (Fsp3) is 0.143. The van der Waals surface area contributed by atoms with E-state index in [1.807, 2.05) is 0 Å². The number of rotatable bonds is 5. The van der Waals surface area contributed by atoms with Gasteiger partial charge in [0.05, 0.1) is 4.90 Å². The molecule has 0 spiro atoms. The van der Waals surface area contributed by atoms with E-state index in [0.717, 1.165) is 17.7 Å². The van der Waals surface area contributed by atoms with Crippen LogP contribution in [0, 0.1) is 11.6 Å². The molecule has 10 heteroatoms. The molecule has 0 unspecified atom stereocenters. The smallest absolute Gasteiger partial charge is 0.264 e. The van der Waals surface area contributed by atoms with Crippen LogP contribution in [0.5, 0.6) is 0 Å². The minimum atomic E-state index is -4.30. The van der Waals surface area contributed by atoms with Crippen molar-refractivity contribution < 1.29 is 25.6 Å². The fourth-order valence-corrected chi connectivity index (χ4v) is 5.99. The molecule has 1 aliphatic rings. The fourth-order valence-electron chi connectivity index (χ4n) is 3.44. The molecule has 0 fully saturated rings. The summed E-state index contributed by atoms with van der Waals surface area (Å²) in [5, 5.41) is 0. The molecule has 3 aromatic rings. The topological polar surface area (TPSA) is 83.6 Å². The van der Waals surface area contributed by atoms with Crippen molar-refractivity contribution in [2.45, 2.75) is 22.8 Å². The Morgan fingerprint density at radius 2 is 1.58 bits per heavy atom. The van der Waals surface area contributed by atoms with Gasteiger partial charge < -0.3 is 0 Å². The van der Waals surface area contributed by atoms with Crippen molar-refractivity contribution in [3.05, 3.63) is 89.5 Å². The Labute approximate surface area is 179 Å². The first kappa shape index (κ1) is 21.4. The van der Waals surface area contributed by atoms with Gasteiger partial charge in [-0.25, -0.2) is 25.6 Å². The van der Waals surface area contributed by atoms with Crippen LogP contribution in [0.2, 0.25) is 0 Å². The lowest BCUT2D eigenvalue weighted by Crippen LogP contribution is -2.36. The van der Waals surface area contributed by atoms with Crippen LogP contribution < -0.4 is 4.72 Å². The molecule has 3 aromatic carbocycles. The number of nitrogens with one attached hydrogen (secondary N) is 1. The van der Waals surface area contributed by atoms with E-state index in [9.17, 15) is 25.6 Å². The predicted molar refractivity (Wildman–Crippen MR) is 111 cm³/mol. The standard InChI is InChI=1S/C21H18F2N2O4S2/c22-17-7-9-21(20(23)13-17)30(26,27)24-18-8-6-15-10-11-25(14-16(15)12-18)31(28,29)19-4-2-1-3-5-19/h1-9,12-13,24H,10-11,14H2. The van der Waals surface area contributed by atoms with E-state index >= 15 is 0 Å². The molecular formula is C21H18F2N2O4S2. The second kappa shape index (κ2) is 8.03. The minimum Gasteiger partial charge on any atom is -0.280 e. The van der Waals surface area contributed by atoms with Gasteiger partial charge in [0.2, 0.25) is 10.0 Å². The molecule has 0 atom stereocenters. The van der Waals surface area contributed by atoms with Gasteiger partial charge in [0, 0.05) is 24.8 Å². The van der Waals surface area contributed by atoms with Crippen molar-refractivity contribution in [3.8, 4) is 0 Å². The zero-order valence-electron chi connectivity index (χ0n) is 16.1. The lowest BCUT2D eigenvalue weighted by Gasteiger charge is -2.28. The summed E-state index contributed by atoms with van der Waals surface area (Å²) in [4.78, 5) is -0.498. The van der Waals surface area contributed by atoms with Crippen molar-refractivity contribution in [1.82, 2.24) is 4.31 Å². The summed E-state index contributed by atoms with van der Waals surface area (Å²) in [5.41, 5.74) is 1.70. The molecular weight excluding hydrogens is 446 g/mol. The Hall–Kier alpha value is -2.82. The molecule has 0 bridgehead atoms. The Morgan fingerprint density at radius 3 is 2.29 bits per heavy atom. The number of hydrogen-bond donors (Lipinski definition) is 1. The van der Waals surface area contributed by atoms with Gasteiger partial charge in [0.15, 0.2) is 0 Å². The number of anilines is 1. The summed E-state index contributed by atoms with van der Waals surface area (Å²) < 4.78 is 81.5. The Morgan fingerprint density at radius 1 is 0.839 bits per heavy atom. The van der Waals surface area contributed by atoms with Gasteiger partial charge in [-0.2, -0.15) is 4.31 Å². The van der Waals surface area contributed by atoms with Crippen LogP contribution in [0.4, 0.5) is 14.5 Å². The van der Waals surface area contributed by atoms with Crippen molar-refractivity contribution in [1.29, 1.82) is 0 Å². The molecule has 0 aromatic heterocycles. The first-order valence-corrected chi connectivity index (χ1v) is 12.2. The summed E-state index contributed by atoms with van der Waals surface area (Å²) >= 11 is 0. The molecule has 0 amide bonds. The maximum Gasteiger partial charge on any atom is 0.264 e. The number of halogens is 2. The number of fused-ring (bicyclic) bond motifs is 1. The summed E-state index contributed by atoms with van der Waals surface area (Å²) in [6.07, 6.45) is 0.473. The minimum absolute atomic E-state index is 0.0764. The van der Waals surface area contributed by atoms with Gasteiger partial charge in [-0.1, -0.05) is 24.3 Å². The zero-order chi connectivity index (χ0) is 22.2. The molecule has 1 heterocycles.